The summed E-state index contributed by atoms with van der Waals surface area (Å²) in [5.74, 6) is 1.17. The van der Waals surface area contributed by atoms with Crippen molar-refractivity contribution in [1.82, 2.24) is 14.8 Å². The molecule has 2 amide bonds. The molecule has 3 heterocycles. The molecule has 1 aromatic heterocycles. The minimum Gasteiger partial charge on any atom is -0.345 e. The Labute approximate surface area is 170 Å². The number of thiazole rings is 1. The van der Waals surface area contributed by atoms with Gasteiger partial charge in [0.25, 0.3) is 0 Å². The van der Waals surface area contributed by atoms with Crippen molar-refractivity contribution in [3.05, 3.63) is 10.6 Å². The number of aryl methyl sites for hydroxylation is 1. The van der Waals surface area contributed by atoms with Gasteiger partial charge < -0.3 is 14.7 Å². The summed E-state index contributed by atoms with van der Waals surface area (Å²) in [7, 11) is 0. The van der Waals surface area contributed by atoms with Gasteiger partial charge in [0.1, 0.15) is 0 Å². The molecule has 6 nitrogen and oxygen atoms in total. The molecule has 5 rings (SSSR count). The molecule has 0 aromatic carbocycles. The number of likely N-dealkylation sites (tertiary alicyclic amines) is 1. The standard InChI is InChI=1S/C21H30N4O2S/c26-19(15-4-3-5-15)24-10-12-25(13-11-24)21-22-17-7-6-16(14-18(17)28-21)20(27)23-8-1-2-9-23/h15-16H,1-14H2/t16-/m0/s1. The van der Waals surface area contributed by atoms with Crippen LogP contribution in [-0.2, 0) is 22.4 Å². The molecule has 4 aliphatic rings. The van der Waals surface area contributed by atoms with E-state index < -0.39 is 0 Å². The van der Waals surface area contributed by atoms with Crippen molar-refractivity contribution in [2.75, 3.05) is 44.2 Å². The van der Waals surface area contributed by atoms with E-state index in [1.165, 1.54) is 17.0 Å². The molecule has 1 atom stereocenters. The number of carbonyl (C=O) groups is 2. The zero-order valence-corrected chi connectivity index (χ0v) is 17.4. The fourth-order valence-electron chi connectivity index (χ4n) is 4.93. The van der Waals surface area contributed by atoms with Crippen molar-refractivity contribution in [3.63, 3.8) is 0 Å². The van der Waals surface area contributed by atoms with Crippen LogP contribution in [0.15, 0.2) is 0 Å². The van der Waals surface area contributed by atoms with E-state index in [2.05, 4.69) is 14.7 Å². The van der Waals surface area contributed by atoms with E-state index in [-0.39, 0.29) is 5.92 Å². The van der Waals surface area contributed by atoms with Crippen molar-refractivity contribution < 1.29 is 9.59 Å². The van der Waals surface area contributed by atoms with Crippen LogP contribution in [-0.4, -0.2) is 65.9 Å². The average molecular weight is 403 g/mol. The number of fused-ring (bicyclic) bond motifs is 1. The third kappa shape index (κ3) is 3.42. The maximum Gasteiger partial charge on any atom is 0.226 e. The number of carbonyl (C=O) groups excluding carboxylic acids is 2. The molecule has 7 heteroatoms. The smallest absolute Gasteiger partial charge is 0.226 e. The van der Waals surface area contributed by atoms with Crippen LogP contribution in [0.1, 0.15) is 49.1 Å². The highest BCUT2D eigenvalue weighted by Crippen LogP contribution is 2.36. The fourth-order valence-corrected chi connectivity index (χ4v) is 6.17. The van der Waals surface area contributed by atoms with E-state index in [0.717, 1.165) is 89.3 Å². The fraction of sp³-hybridized carbons (Fsp3) is 0.762. The first-order valence-corrected chi connectivity index (χ1v) is 11.8. The van der Waals surface area contributed by atoms with Gasteiger partial charge in [-0.2, -0.15) is 0 Å². The Kier molecular flexibility index (Phi) is 5.03. The van der Waals surface area contributed by atoms with Gasteiger partial charge >= 0.3 is 0 Å². The highest BCUT2D eigenvalue weighted by molar-refractivity contribution is 7.15. The first-order valence-electron chi connectivity index (χ1n) is 11.0. The van der Waals surface area contributed by atoms with Crippen molar-refractivity contribution in [2.45, 2.75) is 51.4 Å². The molecule has 0 radical (unpaired) electrons. The summed E-state index contributed by atoms with van der Waals surface area (Å²) in [4.78, 5) is 37.9. The van der Waals surface area contributed by atoms with Crippen LogP contribution in [0.3, 0.4) is 0 Å². The SMILES string of the molecule is O=C(C1CCC1)N1CCN(c2nc3c(s2)C[C@@H](C(=O)N2CCCC2)CC3)CC1. The minimum absolute atomic E-state index is 0.149. The van der Waals surface area contributed by atoms with Gasteiger partial charge in [-0.05, 0) is 44.9 Å². The Balaban J connectivity index is 1.19. The number of nitrogens with zero attached hydrogens (tertiary/aromatic N) is 4. The average Bonchev–Trinajstić information content (AvgIpc) is 3.35. The lowest BCUT2D eigenvalue weighted by atomic mass is 9.84. The van der Waals surface area contributed by atoms with E-state index in [4.69, 9.17) is 4.98 Å². The maximum absolute atomic E-state index is 12.8. The molecule has 1 saturated carbocycles. The maximum atomic E-state index is 12.8. The molecule has 3 fully saturated rings. The number of anilines is 1. The second kappa shape index (κ2) is 7.65. The zero-order valence-electron chi connectivity index (χ0n) is 16.6. The highest BCUT2D eigenvalue weighted by Gasteiger charge is 2.34. The number of hydrogen-bond donors (Lipinski definition) is 0. The highest BCUT2D eigenvalue weighted by atomic mass is 32.1. The van der Waals surface area contributed by atoms with E-state index in [1.807, 2.05) is 0 Å². The van der Waals surface area contributed by atoms with Gasteiger partial charge in [0.2, 0.25) is 11.8 Å². The Bertz CT molecular complexity index is 746. The molecule has 0 unspecified atom stereocenters. The summed E-state index contributed by atoms with van der Waals surface area (Å²) in [5.41, 5.74) is 1.21. The molecule has 0 spiro atoms. The summed E-state index contributed by atoms with van der Waals surface area (Å²) in [6, 6.07) is 0. The molecule has 2 saturated heterocycles. The molecular formula is C21H30N4O2S. The van der Waals surface area contributed by atoms with E-state index in [1.54, 1.807) is 11.3 Å². The van der Waals surface area contributed by atoms with Crippen molar-refractivity contribution in [1.29, 1.82) is 0 Å². The molecule has 152 valence electrons. The van der Waals surface area contributed by atoms with Crippen molar-refractivity contribution in [2.24, 2.45) is 11.8 Å². The predicted molar refractivity (Wildman–Crippen MR) is 110 cm³/mol. The lowest BCUT2D eigenvalue weighted by Crippen LogP contribution is -2.51. The van der Waals surface area contributed by atoms with Gasteiger partial charge in [-0.1, -0.05) is 6.42 Å². The van der Waals surface area contributed by atoms with Crippen LogP contribution in [0.2, 0.25) is 0 Å². The number of aromatic nitrogens is 1. The molecule has 0 N–H and O–H groups in total. The Morgan fingerprint density at radius 3 is 2.18 bits per heavy atom. The molecule has 1 aromatic rings. The van der Waals surface area contributed by atoms with E-state index >= 15 is 0 Å². The summed E-state index contributed by atoms with van der Waals surface area (Å²) in [6.45, 7) is 5.27. The van der Waals surface area contributed by atoms with Crippen molar-refractivity contribution in [3.8, 4) is 0 Å². The molecular weight excluding hydrogens is 372 g/mol. The Morgan fingerprint density at radius 1 is 0.821 bits per heavy atom. The van der Waals surface area contributed by atoms with Crippen LogP contribution in [0.4, 0.5) is 5.13 Å². The largest absolute Gasteiger partial charge is 0.345 e. The zero-order chi connectivity index (χ0) is 19.1. The van der Waals surface area contributed by atoms with Gasteiger partial charge in [-0.3, -0.25) is 9.59 Å². The number of piperazine rings is 1. The van der Waals surface area contributed by atoms with Crippen LogP contribution >= 0.6 is 11.3 Å². The van der Waals surface area contributed by atoms with Gasteiger partial charge in [0, 0.05) is 56.0 Å². The molecule has 2 aliphatic heterocycles. The Morgan fingerprint density at radius 2 is 1.50 bits per heavy atom. The van der Waals surface area contributed by atoms with Crippen LogP contribution in [0.25, 0.3) is 0 Å². The second-order valence-corrected chi connectivity index (χ2v) is 9.84. The van der Waals surface area contributed by atoms with Gasteiger partial charge in [-0.25, -0.2) is 4.98 Å². The third-order valence-electron chi connectivity index (χ3n) is 7.01. The quantitative estimate of drug-likeness (QED) is 0.779. The second-order valence-electron chi connectivity index (χ2n) is 8.78. The minimum atomic E-state index is 0.149. The molecule has 2 aliphatic carbocycles. The molecule has 28 heavy (non-hydrogen) atoms. The van der Waals surface area contributed by atoms with Crippen LogP contribution in [0.5, 0.6) is 0 Å². The number of hydrogen-bond acceptors (Lipinski definition) is 5. The summed E-state index contributed by atoms with van der Waals surface area (Å²) in [6.07, 6.45) is 8.41. The van der Waals surface area contributed by atoms with Gasteiger partial charge in [0.05, 0.1) is 5.69 Å². The molecule has 0 bridgehead atoms. The first-order chi connectivity index (χ1) is 13.7. The van der Waals surface area contributed by atoms with Crippen molar-refractivity contribution >= 4 is 28.3 Å². The van der Waals surface area contributed by atoms with Gasteiger partial charge in [0.15, 0.2) is 5.13 Å². The van der Waals surface area contributed by atoms with Crippen LogP contribution in [0, 0.1) is 11.8 Å². The predicted octanol–water partition coefficient (Wildman–Crippen LogP) is 2.32. The first kappa shape index (κ1) is 18.4. The van der Waals surface area contributed by atoms with E-state index in [0.29, 0.717) is 17.7 Å². The summed E-state index contributed by atoms with van der Waals surface area (Å²) < 4.78 is 0. The van der Waals surface area contributed by atoms with Gasteiger partial charge in [-0.15, -0.1) is 11.3 Å². The topological polar surface area (TPSA) is 56.8 Å². The summed E-state index contributed by atoms with van der Waals surface area (Å²) in [5, 5.41) is 1.09. The number of rotatable bonds is 3. The number of amides is 2. The van der Waals surface area contributed by atoms with Crippen LogP contribution < -0.4 is 4.90 Å². The monoisotopic (exact) mass is 402 g/mol. The Hall–Kier alpha value is -1.63. The lowest BCUT2D eigenvalue weighted by Gasteiger charge is -2.38. The lowest BCUT2D eigenvalue weighted by molar-refractivity contribution is -0.138. The third-order valence-corrected chi connectivity index (χ3v) is 8.19. The van der Waals surface area contributed by atoms with E-state index in [9.17, 15) is 9.59 Å². The normalized spacial score (nSPS) is 25.6. The summed E-state index contributed by atoms with van der Waals surface area (Å²) >= 11 is 1.78.